The number of nitrogens with one attached hydrogen (secondary N) is 1. The second-order valence-electron chi connectivity index (χ2n) is 5.01. The van der Waals surface area contributed by atoms with Crippen molar-refractivity contribution in [3.63, 3.8) is 0 Å². The van der Waals surface area contributed by atoms with E-state index < -0.39 is 0 Å². The summed E-state index contributed by atoms with van der Waals surface area (Å²) >= 11 is 7.17. The molecule has 1 heterocycles. The van der Waals surface area contributed by atoms with Gasteiger partial charge in [0.05, 0.1) is 11.4 Å². The summed E-state index contributed by atoms with van der Waals surface area (Å²) in [5.74, 6) is 0.0419. The van der Waals surface area contributed by atoms with Crippen LogP contribution in [0.1, 0.15) is 5.56 Å². The Morgan fingerprint density at radius 3 is 2.88 bits per heavy atom. The van der Waals surface area contributed by atoms with Gasteiger partial charge in [0.25, 0.3) is 0 Å². The molecule has 8 heteroatoms. The van der Waals surface area contributed by atoms with Crippen molar-refractivity contribution in [2.45, 2.75) is 12.1 Å². The molecule has 0 atom stereocenters. The van der Waals surface area contributed by atoms with Crippen molar-refractivity contribution >= 4 is 35.0 Å². The number of aromatic nitrogens is 4. The summed E-state index contributed by atoms with van der Waals surface area (Å²) in [7, 11) is 0. The first kappa shape index (κ1) is 16.5. The van der Waals surface area contributed by atoms with E-state index >= 15 is 0 Å². The third kappa shape index (κ3) is 3.93. The maximum absolute atomic E-state index is 12.1. The van der Waals surface area contributed by atoms with Gasteiger partial charge in [-0.25, -0.2) is 0 Å². The molecule has 2 aromatic carbocycles. The smallest absolute Gasteiger partial charge is 0.234 e. The molecule has 1 N–H and O–H groups in total. The van der Waals surface area contributed by atoms with Crippen LogP contribution >= 0.6 is 23.4 Å². The second-order valence-corrected chi connectivity index (χ2v) is 6.39. The van der Waals surface area contributed by atoms with E-state index in [2.05, 4.69) is 20.8 Å². The molecule has 122 valence electrons. The molecule has 3 rings (SSSR count). The highest BCUT2D eigenvalue weighted by molar-refractivity contribution is 7.99. The van der Waals surface area contributed by atoms with Gasteiger partial charge in [0.1, 0.15) is 0 Å². The normalized spacial score (nSPS) is 10.6. The van der Waals surface area contributed by atoms with Gasteiger partial charge in [-0.1, -0.05) is 47.6 Å². The molecule has 0 saturated heterocycles. The number of amides is 1. The first-order chi connectivity index (χ1) is 11.6. The number of benzene rings is 2. The second kappa shape index (κ2) is 7.46. The third-order valence-electron chi connectivity index (χ3n) is 3.23. The Morgan fingerprint density at radius 1 is 1.25 bits per heavy atom. The van der Waals surface area contributed by atoms with Crippen LogP contribution in [-0.2, 0) is 4.79 Å². The maximum Gasteiger partial charge on any atom is 0.234 e. The molecule has 0 unspecified atom stereocenters. The number of halogens is 1. The van der Waals surface area contributed by atoms with Gasteiger partial charge in [0.2, 0.25) is 11.1 Å². The van der Waals surface area contributed by atoms with Crippen LogP contribution in [-0.4, -0.2) is 31.9 Å². The minimum absolute atomic E-state index is 0.151. The Kier molecular flexibility index (Phi) is 5.12. The summed E-state index contributed by atoms with van der Waals surface area (Å²) in [6, 6.07) is 14.8. The molecule has 1 aromatic heterocycles. The van der Waals surface area contributed by atoms with Crippen LogP contribution in [0.5, 0.6) is 0 Å². The number of thioether (sulfide) groups is 1. The zero-order valence-corrected chi connectivity index (χ0v) is 14.4. The Labute approximate surface area is 148 Å². The van der Waals surface area contributed by atoms with Gasteiger partial charge >= 0.3 is 0 Å². The summed E-state index contributed by atoms with van der Waals surface area (Å²) in [6.45, 7) is 1.98. The number of hydrogen-bond acceptors (Lipinski definition) is 5. The van der Waals surface area contributed by atoms with Gasteiger partial charge in [-0.3, -0.25) is 4.79 Å². The number of aryl methyl sites for hydroxylation is 1. The maximum atomic E-state index is 12.1. The average Bonchev–Trinajstić information content (AvgIpc) is 3.02. The molecule has 0 fully saturated rings. The molecule has 0 saturated carbocycles. The highest BCUT2D eigenvalue weighted by Crippen LogP contribution is 2.21. The Hall–Kier alpha value is -2.38. The largest absolute Gasteiger partial charge is 0.325 e. The minimum Gasteiger partial charge on any atom is -0.325 e. The van der Waals surface area contributed by atoms with Crippen molar-refractivity contribution in [3.8, 4) is 5.69 Å². The van der Waals surface area contributed by atoms with Gasteiger partial charge in [0, 0.05) is 10.7 Å². The molecular formula is C16H14ClN5OS. The SMILES string of the molecule is Cc1ccccc1-n1nnnc1SCC(=O)Nc1cccc(Cl)c1. The predicted octanol–water partition coefficient (Wildman–Crippen LogP) is 3.35. The van der Waals surface area contributed by atoms with E-state index in [0.717, 1.165) is 11.3 Å². The predicted molar refractivity (Wildman–Crippen MR) is 94.7 cm³/mol. The summed E-state index contributed by atoms with van der Waals surface area (Å²) in [5, 5.41) is 15.6. The van der Waals surface area contributed by atoms with Crippen LogP contribution in [0, 0.1) is 6.92 Å². The number of rotatable bonds is 5. The third-order valence-corrected chi connectivity index (χ3v) is 4.38. The fraction of sp³-hybridized carbons (Fsp3) is 0.125. The number of carbonyl (C=O) groups excluding carboxylic acids is 1. The van der Waals surface area contributed by atoms with Gasteiger partial charge in [-0.05, 0) is 47.2 Å². The van der Waals surface area contributed by atoms with Crippen LogP contribution in [0.15, 0.2) is 53.7 Å². The monoisotopic (exact) mass is 359 g/mol. The van der Waals surface area contributed by atoms with Crippen LogP contribution in [0.2, 0.25) is 5.02 Å². The quantitative estimate of drug-likeness (QED) is 0.707. The lowest BCUT2D eigenvalue weighted by molar-refractivity contribution is -0.113. The van der Waals surface area contributed by atoms with Crippen molar-refractivity contribution in [2.75, 3.05) is 11.1 Å². The molecule has 3 aromatic rings. The van der Waals surface area contributed by atoms with E-state index in [-0.39, 0.29) is 11.7 Å². The van der Waals surface area contributed by atoms with E-state index in [4.69, 9.17) is 11.6 Å². The standard InChI is InChI=1S/C16H14ClN5OS/c1-11-5-2-3-8-14(11)22-16(19-20-21-22)24-10-15(23)18-13-7-4-6-12(17)9-13/h2-9H,10H2,1H3,(H,18,23). The number of tetrazole rings is 1. The van der Waals surface area contributed by atoms with Crippen molar-refractivity contribution < 1.29 is 4.79 Å². The van der Waals surface area contributed by atoms with Gasteiger partial charge in [-0.2, -0.15) is 4.68 Å². The summed E-state index contributed by atoms with van der Waals surface area (Å²) in [6.07, 6.45) is 0. The number of nitrogens with zero attached hydrogens (tertiary/aromatic N) is 4. The fourth-order valence-electron chi connectivity index (χ4n) is 2.11. The zero-order chi connectivity index (χ0) is 16.9. The average molecular weight is 360 g/mol. The van der Waals surface area contributed by atoms with E-state index in [1.54, 1.807) is 28.9 Å². The summed E-state index contributed by atoms with van der Waals surface area (Å²) in [4.78, 5) is 12.1. The van der Waals surface area contributed by atoms with Crippen LogP contribution in [0.3, 0.4) is 0 Å². The first-order valence-corrected chi connectivity index (χ1v) is 8.52. The van der Waals surface area contributed by atoms with Gasteiger partial charge < -0.3 is 5.32 Å². The lowest BCUT2D eigenvalue weighted by Crippen LogP contribution is -2.14. The van der Waals surface area contributed by atoms with Crippen molar-refractivity contribution in [2.24, 2.45) is 0 Å². The Balaban J connectivity index is 1.67. The van der Waals surface area contributed by atoms with Crippen LogP contribution in [0.4, 0.5) is 5.69 Å². The highest BCUT2D eigenvalue weighted by Gasteiger charge is 2.13. The Morgan fingerprint density at radius 2 is 2.08 bits per heavy atom. The molecular weight excluding hydrogens is 346 g/mol. The number of carbonyl (C=O) groups is 1. The topological polar surface area (TPSA) is 72.7 Å². The van der Waals surface area contributed by atoms with E-state index in [1.165, 1.54) is 11.8 Å². The minimum atomic E-state index is -0.151. The molecule has 0 radical (unpaired) electrons. The molecule has 0 spiro atoms. The number of para-hydroxylation sites is 1. The molecule has 0 bridgehead atoms. The van der Waals surface area contributed by atoms with Crippen molar-refractivity contribution in [1.29, 1.82) is 0 Å². The lowest BCUT2D eigenvalue weighted by atomic mass is 10.2. The van der Waals surface area contributed by atoms with Crippen LogP contribution in [0.25, 0.3) is 5.69 Å². The highest BCUT2D eigenvalue weighted by atomic mass is 35.5. The molecule has 24 heavy (non-hydrogen) atoms. The number of hydrogen-bond donors (Lipinski definition) is 1. The number of anilines is 1. The molecule has 6 nitrogen and oxygen atoms in total. The molecule has 0 aliphatic rings. The van der Waals surface area contributed by atoms with Crippen molar-refractivity contribution in [1.82, 2.24) is 20.2 Å². The van der Waals surface area contributed by atoms with Crippen molar-refractivity contribution in [3.05, 3.63) is 59.1 Å². The molecule has 0 aliphatic heterocycles. The molecule has 0 aliphatic carbocycles. The summed E-state index contributed by atoms with van der Waals surface area (Å²) in [5.41, 5.74) is 2.60. The molecule has 1 amide bonds. The lowest BCUT2D eigenvalue weighted by Gasteiger charge is -2.07. The van der Waals surface area contributed by atoms with E-state index in [1.807, 2.05) is 31.2 Å². The van der Waals surface area contributed by atoms with Gasteiger partial charge in [0.15, 0.2) is 0 Å². The first-order valence-electron chi connectivity index (χ1n) is 7.16. The fourth-order valence-corrected chi connectivity index (χ4v) is 2.99. The van der Waals surface area contributed by atoms with Gasteiger partial charge in [-0.15, -0.1) is 5.10 Å². The Bertz CT molecular complexity index is 867. The zero-order valence-electron chi connectivity index (χ0n) is 12.8. The summed E-state index contributed by atoms with van der Waals surface area (Å²) < 4.78 is 1.63. The van der Waals surface area contributed by atoms with E-state index in [0.29, 0.717) is 15.9 Å². The van der Waals surface area contributed by atoms with E-state index in [9.17, 15) is 4.79 Å². The van der Waals surface area contributed by atoms with Crippen LogP contribution < -0.4 is 5.32 Å².